The zero-order valence-electron chi connectivity index (χ0n) is 20.0. The fraction of sp³-hybridized carbons (Fsp3) is 0.591. The molecule has 0 heterocycles. The quantitative estimate of drug-likeness (QED) is 0.427. The number of guanidine groups is 1. The van der Waals surface area contributed by atoms with Crippen molar-refractivity contribution in [3.8, 4) is 5.75 Å². The lowest BCUT2D eigenvalue weighted by atomic mass is 10.1. The van der Waals surface area contributed by atoms with Crippen LogP contribution in [0.3, 0.4) is 0 Å². The molecule has 9 nitrogen and oxygen atoms in total. The predicted octanol–water partition coefficient (Wildman–Crippen LogP) is 2.12. The van der Waals surface area contributed by atoms with Crippen LogP contribution in [0.5, 0.6) is 5.75 Å². The summed E-state index contributed by atoms with van der Waals surface area (Å²) in [7, 11) is 5.06. The lowest BCUT2D eigenvalue weighted by Gasteiger charge is -2.29. The van der Waals surface area contributed by atoms with Crippen molar-refractivity contribution >= 4 is 18.0 Å². The van der Waals surface area contributed by atoms with Crippen LogP contribution in [0.1, 0.15) is 40.2 Å². The van der Waals surface area contributed by atoms with E-state index in [4.69, 9.17) is 9.47 Å². The van der Waals surface area contributed by atoms with E-state index in [-0.39, 0.29) is 12.5 Å². The second-order valence-electron chi connectivity index (χ2n) is 9.01. The molecule has 0 unspecified atom stereocenters. The first-order valence-corrected chi connectivity index (χ1v) is 10.2. The van der Waals surface area contributed by atoms with Crippen molar-refractivity contribution < 1.29 is 19.1 Å². The van der Waals surface area contributed by atoms with Crippen LogP contribution in [0.15, 0.2) is 29.3 Å². The first kappa shape index (κ1) is 26.1. The SMILES string of the molecule is CN=C(NCc1cccc(OCC(=O)N(C)C)c1)NCC(C)(C)NC(=O)OC(C)(C)C. The molecule has 0 fully saturated rings. The number of hydrogen-bond donors (Lipinski definition) is 3. The normalized spacial score (nSPS) is 12.1. The number of likely N-dealkylation sites (N-methyl/N-ethyl adjacent to an activating group) is 1. The van der Waals surface area contributed by atoms with Gasteiger partial charge in [0.25, 0.3) is 5.91 Å². The summed E-state index contributed by atoms with van der Waals surface area (Å²) < 4.78 is 10.9. The molecule has 1 rings (SSSR count). The van der Waals surface area contributed by atoms with Gasteiger partial charge in [-0.25, -0.2) is 4.79 Å². The number of aliphatic imine (C=N–C) groups is 1. The van der Waals surface area contributed by atoms with Crippen molar-refractivity contribution in [3.63, 3.8) is 0 Å². The highest BCUT2D eigenvalue weighted by Gasteiger charge is 2.24. The maximum Gasteiger partial charge on any atom is 0.408 e. The Labute approximate surface area is 185 Å². The van der Waals surface area contributed by atoms with Gasteiger partial charge in [0.05, 0.1) is 5.54 Å². The zero-order chi connectivity index (χ0) is 23.7. The van der Waals surface area contributed by atoms with Crippen LogP contribution in [0.25, 0.3) is 0 Å². The van der Waals surface area contributed by atoms with Crippen molar-refractivity contribution in [2.75, 3.05) is 34.3 Å². The number of rotatable bonds is 8. The topological polar surface area (TPSA) is 104 Å². The van der Waals surface area contributed by atoms with E-state index >= 15 is 0 Å². The third-order valence-electron chi connectivity index (χ3n) is 3.98. The smallest absolute Gasteiger partial charge is 0.408 e. The Balaban J connectivity index is 2.54. The maximum atomic E-state index is 12.0. The fourth-order valence-corrected chi connectivity index (χ4v) is 2.35. The number of nitrogens with one attached hydrogen (secondary N) is 3. The average molecular weight is 436 g/mol. The molecular weight excluding hydrogens is 398 g/mol. The molecule has 0 aromatic heterocycles. The van der Waals surface area contributed by atoms with Crippen LogP contribution in [-0.4, -0.2) is 68.3 Å². The van der Waals surface area contributed by atoms with E-state index in [2.05, 4.69) is 20.9 Å². The van der Waals surface area contributed by atoms with Crippen LogP contribution >= 0.6 is 0 Å². The molecule has 3 N–H and O–H groups in total. The Kier molecular flexibility index (Phi) is 9.61. The number of carbonyl (C=O) groups is 2. The highest BCUT2D eigenvalue weighted by Crippen LogP contribution is 2.13. The van der Waals surface area contributed by atoms with Crippen LogP contribution in [0.2, 0.25) is 0 Å². The number of amides is 2. The van der Waals surface area contributed by atoms with Gasteiger partial charge in [-0.1, -0.05) is 12.1 Å². The molecule has 174 valence electrons. The number of nitrogens with zero attached hydrogens (tertiary/aromatic N) is 2. The molecule has 0 saturated heterocycles. The molecule has 1 aromatic rings. The summed E-state index contributed by atoms with van der Waals surface area (Å²) in [5, 5.41) is 9.28. The number of benzene rings is 1. The summed E-state index contributed by atoms with van der Waals surface area (Å²) in [5.41, 5.74) is -0.125. The Morgan fingerprint density at radius 3 is 2.35 bits per heavy atom. The predicted molar refractivity (Wildman–Crippen MR) is 122 cm³/mol. The summed E-state index contributed by atoms with van der Waals surface area (Å²) in [4.78, 5) is 29.4. The van der Waals surface area contributed by atoms with Crippen LogP contribution in [0.4, 0.5) is 4.79 Å². The summed E-state index contributed by atoms with van der Waals surface area (Å²) in [6, 6.07) is 7.51. The number of alkyl carbamates (subject to hydrolysis) is 1. The van der Waals surface area contributed by atoms with Gasteiger partial charge in [0.1, 0.15) is 11.4 Å². The van der Waals surface area contributed by atoms with Crippen molar-refractivity contribution in [2.45, 2.75) is 52.3 Å². The number of ether oxygens (including phenoxy) is 2. The monoisotopic (exact) mass is 435 g/mol. The van der Waals surface area contributed by atoms with E-state index in [9.17, 15) is 9.59 Å². The minimum atomic E-state index is -0.552. The van der Waals surface area contributed by atoms with E-state index in [1.807, 2.05) is 58.9 Å². The number of carbonyl (C=O) groups excluding carboxylic acids is 2. The Hall–Kier alpha value is -2.97. The molecular formula is C22H37N5O4. The highest BCUT2D eigenvalue weighted by atomic mass is 16.6. The summed E-state index contributed by atoms with van der Waals surface area (Å²) in [5.74, 6) is 1.11. The van der Waals surface area contributed by atoms with E-state index in [0.717, 1.165) is 5.56 Å². The van der Waals surface area contributed by atoms with Crippen molar-refractivity contribution in [3.05, 3.63) is 29.8 Å². The first-order valence-electron chi connectivity index (χ1n) is 10.2. The minimum Gasteiger partial charge on any atom is -0.484 e. The van der Waals surface area contributed by atoms with Crippen LogP contribution in [-0.2, 0) is 16.1 Å². The minimum absolute atomic E-state index is 0.00711. The van der Waals surface area contributed by atoms with Crippen LogP contribution in [0, 0.1) is 0 Å². The third-order valence-corrected chi connectivity index (χ3v) is 3.98. The van der Waals surface area contributed by atoms with E-state index in [1.54, 1.807) is 21.1 Å². The Morgan fingerprint density at radius 2 is 1.77 bits per heavy atom. The first-order chi connectivity index (χ1) is 14.3. The van der Waals surface area contributed by atoms with Gasteiger partial charge in [-0.3, -0.25) is 9.79 Å². The second kappa shape index (κ2) is 11.4. The van der Waals surface area contributed by atoms with Crippen molar-refractivity contribution in [1.29, 1.82) is 0 Å². The molecule has 0 aliphatic carbocycles. The molecule has 0 spiro atoms. The lowest BCUT2D eigenvalue weighted by Crippen LogP contribution is -2.54. The molecule has 0 radical (unpaired) electrons. The van der Waals surface area contributed by atoms with E-state index < -0.39 is 17.2 Å². The highest BCUT2D eigenvalue weighted by molar-refractivity contribution is 5.80. The van der Waals surface area contributed by atoms with Gasteiger partial charge in [0, 0.05) is 34.2 Å². The van der Waals surface area contributed by atoms with Crippen molar-refractivity contribution in [1.82, 2.24) is 20.9 Å². The standard InChI is InChI=1S/C22H37N5O4/c1-21(2,3)31-20(29)26-22(4,5)15-25-19(23-6)24-13-16-10-9-11-17(12-16)30-14-18(28)27(7)8/h9-12H,13-15H2,1-8H3,(H,26,29)(H2,23,24,25). The molecule has 0 atom stereocenters. The molecule has 9 heteroatoms. The van der Waals surface area contributed by atoms with E-state index in [0.29, 0.717) is 24.8 Å². The molecule has 0 saturated carbocycles. The largest absolute Gasteiger partial charge is 0.484 e. The van der Waals surface area contributed by atoms with Gasteiger partial charge in [-0.05, 0) is 52.3 Å². The second-order valence-corrected chi connectivity index (χ2v) is 9.01. The van der Waals surface area contributed by atoms with Crippen LogP contribution < -0.4 is 20.7 Å². The van der Waals surface area contributed by atoms with Gasteiger partial charge >= 0.3 is 6.09 Å². The molecule has 1 aromatic carbocycles. The Morgan fingerprint density at radius 1 is 1.10 bits per heavy atom. The number of hydrogen-bond acceptors (Lipinski definition) is 5. The molecule has 0 bridgehead atoms. The summed E-state index contributed by atoms with van der Waals surface area (Å²) in [6.07, 6.45) is -0.466. The Bertz CT molecular complexity index is 769. The maximum absolute atomic E-state index is 12.0. The average Bonchev–Trinajstić information content (AvgIpc) is 2.64. The third kappa shape index (κ3) is 11.1. The van der Waals surface area contributed by atoms with Gasteiger partial charge < -0.3 is 30.3 Å². The van der Waals surface area contributed by atoms with E-state index in [1.165, 1.54) is 4.90 Å². The van der Waals surface area contributed by atoms with Crippen molar-refractivity contribution in [2.24, 2.45) is 4.99 Å². The lowest BCUT2D eigenvalue weighted by molar-refractivity contribution is -0.130. The van der Waals surface area contributed by atoms with Gasteiger partial charge in [-0.15, -0.1) is 0 Å². The van der Waals surface area contributed by atoms with Gasteiger partial charge in [0.15, 0.2) is 12.6 Å². The molecule has 0 aliphatic rings. The molecule has 2 amide bonds. The van der Waals surface area contributed by atoms with Gasteiger partial charge in [-0.2, -0.15) is 0 Å². The summed E-state index contributed by atoms with van der Waals surface area (Å²) >= 11 is 0. The fourth-order valence-electron chi connectivity index (χ4n) is 2.35. The summed E-state index contributed by atoms with van der Waals surface area (Å²) in [6.45, 7) is 10.2. The molecule has 31 heavy (non-hydrogen) atoms. The zero-order valence-corrected chi connectivity index (χ0v) is 20.0. The van der Waals surface area contributed by atoms with Gasteiger partial charge in [0.2, 0.25) is 0 Å². The molecule has 0 aliphatic heterocycles.